The summed E-state index contributed by atoms with van der Waals surface area (Å²) >= 11 is 0. The number of aliphatic carboxylic acids is 1. The zero-order valence-electron chi connectivity index (χ0n) is 14.7. The third kappa shape index (κ3) is 4.37. The van der Waals surface area contributed by atoms with Crippen molar-refractivity contribution in [2.24, 2.45) is 5.92 Å². The number of hydrogen-bond acceptors (Lipinski definition) is 3. The van der Waals surface area contributed by atoms with Crippen molar-refractivity contribution in [3.05, 3.63) is 35.4 Å². The maximum absolute atomic E-state index is 11.1. The lowest BCUT2D eigenvalue weighted by molar-refractivity contribution is -0.142. The second kappa shape index (κ2) is 8.13. The molecule has 4 heteroatoms. The first-order chi connectivity index (χ1) is 11.6. The number of benzene rings is 1. The summed E-state index contributed by atoms with van der Waals surface area (Å²) in [6, 6.07) is 9.84. The second-order valence-electron chi connectivity index (χ2n) is 7.46. The summed E-state index contributed by atoms with van der Waals surface area (Å²) in [7, 11) is 0. The zero-order chi connectivity index (χ0) is 16.9. The molecule has 2 aliphatic rings. The van der Waals surface area contributed by atoms with Crippen LogP contribution in [0.25, 0.3) is 0 Å². The van der Waals surface area contributed by atoms with Gasteiger partial charge in [-0.15, -0.1) is 0 Å². The minimum absolute atomic E-state index is 0.130. The fourth-order valence-corrected chi connectivity index (χ4v) is 4.12. The molecule has 1 aliphatic heterocycles. The van der Waals surface area contributed by atoms with Crippen LogP contribution in [0.2, 0.25) is 0 Å². The molecule has 1 unspecified atom stereocenters. The summed E-state index contributed by atoms with van der Waals surface area (Å²) in [4.78, 5) is 13.7. The SMILES string of the molecule is Cc1ccc(C(CNC2CCC(C(=O)O)CC2)N2CCCC2)cc1. The average Bonchev–Trinajstić information content (AvgIpc) is 3.11. The smallest absolute Gasteiger partial charge is 0.306 e. The molecule has 1 atom stereocenters. The van der Waals surface area contributed by atoms with Crippen LogP contribution in [-0.4, -0.2) is 41.7 Å². The van der Waals surface area contributed by atoms with Crippen molar-refractivity contribution in [3.63, 3.8) is 0 Å². The molecule has 2 fully saturated rings. The molecule has 1 saturated carbocycles. The van der Waals surface area contributed by atoms with Crippen molar-refractivity contribution in [3.8, 4) is 0 Å². The van der Waals surface area contributed by atoms with Gasteiger partial charge in [-0.3, -0.25) is 9.69 Å². The van der Waals surface area contributed by atoms with Gasteiger partial charge >= 0.3 is 5.97 Å². The van der Waals surface area contributed by atoms with E-state index < -0.39 is 5.97 Å². The van der Waals surface area contributed by atoms with Crippen LogP contribution in [0.3, 0.4) is 0 Å². The number of nitrogens with zero attached hydrogens (tertiary/aromatic N) is 1. The van der Waals surface area contributed by atoms with Crippen molar-refractivity contribution in [2.45, 2.75) is 57.5 Å². The number of carboxylic acid groups (broad SMARTS) is 1. The molecular formula is C20H30N2O2. The lowest BCUT2D eigenvalue weighted by Crippen LogP contribution is -2.41. The molecule has 1 aromatic rings. The molecular weight excluding hydrogens is 300 g/mol. The van der Waals surface area contributed by atoms with E-state index in [4.69, 9.17) is 5.11 Å². The minimum atomic E-state index is -0.622. The van der Waals surface area contributed by atoms with Gasteiger partial charge in [0.15, 0.2) is 0 Å². The van der Waals surface area contributed by atoms with Crippen LogP contribution in [0.15, 0.2) is 24.3 Å². The second-order valence-corrected chi connectivity index (χ2v) is 7.46. The molecule has 1 aliphatic carbocycles. The molecule has 0 bridgehead atoms. The Hall–Kier alpha value is -1.39. The van der Waals surface area contributed by atoms with E-state index in [0.29, 0.717) is 12.1 Å². The monoisotopic (exact) mass is 330 g/mol. The van der Waals surface area contributed by atoms with Crippen LogP contribution < -0.4 is 5.32 Å². The Morgan fingerprint density at radius 3 is 2.38 bits per heavy atom. The number of likely N-dealkylation sites (tertiary alicyclic amines) is 1. The molecule has 1 saturated heterocycles. The first-order valence-electron chi connectivity index (χ1n) is 9.40. The highest BCUT2D eigenvalue weighted by molar-refractivity contribution is 5.70. The summed E-state index contributed by atoms with van der Waals surface area (Å²) in [6.45, 7) is 5.47. The standard InChI is InChI=1S/C20H30N2O2/c1-15-4-6-16(7-5-15)19(22-12-2-3-13-22)14-21-18-10-8-17(9-11-18)20(23)24/h4-7,17-19,21H,2-3,8-14H2,1H3,(H,23,24). The first kappa shape index (κ1) is 17.4. The quantitative estimate of drug-likeness (QED) is 0.840. The van der Waals surface area contributed by atoms with Gasteiger partial charge in [-0.05, 0) is 64.1 Å². The highest BCUT2D eigenvalue weighted by Crippen LogP contribution is 2.27. The van der Waals surface area contributed by atoms with E-state index in [9.17, 15) is 4.79 Å². The summed E-state index contributed by atoms with van der Waals surface area (Å²) in [5, 5.41) is 12.9. The lowest BCUT2D eigenvalue weighted by atomic mass is 9.86. The van der Waals surface area contributed by atoms with Gasteiger partial charge in [-0.1, -0.05) is 29.8 Å². The molecule has 4 nitrogen and oxygen atoms in total. The van der Waals surface area contributed by atoms with Crippen LogP contribution in [-0.2, 0) is 4.79 Å². The van der Waals surface area contributed by atoms with Crippen molar-refractivity contribution >= 4 is 5.97 Å². The highest BCUT2D eigenvalue weighted by Gasteiger charge is 2.28. The first-order valence-corrected chi connectivity index (χ1v) is 9.40. The Kier molecular flexibility index (Phi) is 5.90. The van der Waals surface area contributed by atoms with Crippen LogP contribution in [0, 0.1) is 12.8 Å². The van der Waals surface area contributed by atoms with Crippen molar-refractivity contribution in [1.82, 2.24) is 10.2 Å². The van der Waals surface area contributed by atoms with Gasteiger partial charge in [-0.25, -0.2) is 0 Å². The van der Waals surface area contributed by atoms with Gasteiger partial charge in [0.2, 0.25) is 0 Å². The zero-order valence-corrected chi connectivity index (χ0v) is 14.7. The maximum Gasteiger partial charge on any atom is 0.306 e. The van der Waals surface area contributed by atoms with E-state index in [1.165, 1.54) is 37.1 Å². The van der Waals surface area contributed by atoms with Crippen molar-refractivity contribution in [1.29, 1.82) is 0 Å². The lowest BCUT2D eigenvalue weighted by Gasteiger charge is -2.32. The molecule has 0 amide bonds. The Labute approximate surface area is 145 Å². The van der Waals surface area contributed by atoms with Gasteiger partial charge in [0.1, 0.15) is 0 Å². The fraction of sp³-hybridized carbons (Fsp3) is 0.650. The molecule has 0 aromatic heterocycles. The van der Waals surface area contributed by atoms with Gasteiger partial charge in [0.05, 0.1) is 5.92 Å². The third-order valence-electron chi connectivity index (χ3n) is 5.72. The predicted molar refractivity (Wildman–Crippen MR) is 96.1 cm³/mol. The van der Waals surface area contributed by atoms with E-state index in [1.54, 1.807) is 0 Å². The predicted octanol–water partition coefficient (Wildman–Crippen LogP) is 3.36. The van der Waals surface area contributed by atoms with Gasteiger partial charge in [0, 0.05) is 18.6 Å². The van der Waals surface area contributed by atoms with E-state index in [2.05, 4.69) is 41.4 Å². The Balaban J connectivity index is 1.58. The number of carboxylic acids is 1. The molecule has 3 rings (SSSR count). The van der Waals surface area contributed by atoms with Gasteiger partial charge in [0.25, 0.3) is 0 Å². The molecule has 0 spiro atoms. The fourth-order valence-electron chi connectivity index (χ4n) is 4.12. The largest absolute Gasteiger partial charge is 0.481 e. The number of aryl methyl sites for hydroxylation is 1. The number of hydrogen-bond donors (Lipinski definition) is 2. The molecule has 1 heterocycles. The Morgan fingerprint density at radius 1 is 1.17 bits per heavy atom. The topological polar surface area (TPSA) is 52.6 Å². The van der Waals surface area contributed by atoms with E-state index in [-0.39, 0.29) is 5.92 Å². The molecule has 1 aromatic carbocycles. The normalized spacial score (nSPS) is 26.4. The number of rotatable bonds is 6. The van der Waals surface area contributed by atoms with Crippen molar-refractivity contribution < 1.29 is 9.90 Å². The molecule has 24 heavy (non-hydrogen) atoms. The van der Waals surface area contributed by atoms with Crippen LogP contribution in [0.5, 0.6) is 0 Å². The average molecular weight is 330 g/mol. The Morgan fingerprint density at radius 2 is 1.79 bits per heavy atom. The maximum atomic E-state index is 11.1. The van der Waals surface area contributed by atoms with E-state index in [1.807, 2.05) is 0 Å². The summed E-state index contributed by atoms with van der Waals surface area (Å²) in [5.74, 6) is -0.752. The van der Waals surface area contributed by atoms with Gasteiger partial charge < -0.3 is 10.4 Å². The van der Waals surface area contributed by atoms with Crippen LogP contribution in [0.1, 0.15) is 55.7 Å². The summed E-state index contributed by atoms with van der Waals surface area (Å²) in [5.41, 5.74) is 2.70. The Bertz CT molecular complexity index is 529. The molecule has 2 N–H and O–H groups in total. The number of carbonyl (C=O) groups is 1. The van der Waals surface area contributed by atoms with Gasteiger partial charge in [-0.2, -0.15) is 0 Å². The highest BCUT2D eigenvalue weighted by atomic mass is 16.4. The minimum Gasteiger partial charge on any atom is -0.481 e. The van der Waals surface area contributed by atoms with E-state index in [0.717, 1.165) is 32.2 Å². The van der Waals surface area contributed by atoms with E-state index >= 15 is 0 Å². The van der Waals surface area contributed by atoms with Crippen LogP contribution >= 0.6 is 0 Å². The molecule has 0 radical (unpaired) electrons. The summed E-state index contributed by atoms with van der Waals surface area (Å²) < 4.78 is 0. The van der Waals surface area contributed by atoms with Crippen molar-refractivity contribution in [2.75, 3.05) is 19.6 Å². The van der Waals surface area contributed by atoms with Crippen LogP contribution in [0.4, 0.5) is 0 Å². The summed E-state index contributed by atoms with van der Waals surface area (Å²) in [6.07, 6.45) is 6.19. The number of nitrogens with one attached hydrogen (secondary N) is 1. The third-order valence-corrected chi connectivity index (χ3v) is 5.72. The molecule has 132 valence electrons.